The Hall–Kier alpha value is -2.14. The lowest BCUT2D eigenvalue weighted by molar-refractivity contribution is 0.000162. The topological polar surface area (TPSA) is 64.4 Å². The zero-order valence-corrected chi connectivity index (χ0v) is 12.2. The van der Waals surface area contributed by atoms with Crippen molar-refractivity contribution < 1.29 is 14.1 Å². The number of methoxy groups -OCH3 is 1. The maximum absolute atomic E-state index is 12.1. The number of amides is 1. The van der Waals surface area contributed by atoms with Crippen molar-refractivity contribution in [1.82, 2.24) is 10.5 Å². The van der Waals surface area contributed by atoms with E-state index in [9.17, 15) is 4.79 Å². The third kappa shape index (κ3) is 2.56. The molecule has 1 aromatic carbocycles. The zero-order valence-electron chi connectivity index (χ0n) is 12.2. The Labute approximate surface area is 123 Å². The van der Waals surface area contributed by atoms with E-state index in [1.165, 1.54) is 17.3 Å². The lowest BCUT2D eigenvalue weighted by Crippen LogP contribution is -2.45. The van der Waals surface area contributed by atoms with Gasteiger partial charge >= 0.3 is 0 Å². The average Bonchev–Trinajstić information content (AvgIpc) is 3.08. The van der Waals surface area contributed by atoms with E-state index < -0.39 is 0 Å². The van der Waals surface area contributed by atoms with E-state index in [1.54, 1.807) is 14.0 Å². The number of hydrogen-bond donors (Lipinski definition) is 1. The first-order chi connectivity index (χ1) is 10.1. The van der Waals surface area contributed by atoms with Crippen molar-refractivity contribution in [1.29, 1.82) is 0 Å². The second-order valence-electron chi connectivity index (χ2n) is 5.49. The molecule has 1 amide bonds. The molecule has 1 N–H and O–H groups in total. The molecule has 1 aliphatic carbocycles. The minimum absolute atomic E-state index is 0.180. The molecule has 0 fully saturated rings. The van der Waals surface area contributed by atoms with Crippen LogP contribution in [0, 0.1) is 6.92 Å². The van der Waals surface area contributed by atoms with Gasteiger partial charge < -0.3 is 14.6 Å². The van der Waals surface area contributed by atoms with Gasteiger partial charge in [-0.3, -0.25) is 4.79 Å². The predicted molar refractivity (Wildman–Crippen MR) is 77.2 cm³/mol. The molecule has 0 saturated heterocycles. The summed E-state index contributed by atoms with van der Waals surface area (Å²) >= 11 is 0. The van der Waals surface area contributed by atoms with Crippen molar-refractivity contribution in [2.75, 3.05) is 13.7 Å². The second kappa shape index (κ2) is 5.33. The van der Waals surface area contributed by atoms with Crippen LogP contribution >= 0.6 is 0 Å². The van der Waals surface area contributed by atoms with Gasteiger partial charge in [-0.05, 0) is 18.1 Å². The maximum atomic E-state index is 12.1. The number of fused-ring (bicyclic) bond motifs is 1. The van der Waals surface area contributed by atoms with E-state index in [0.29, 0.717) is 17.9 Å². The van der Waals surface area contributed by atoms with Gasteiger partial charge in [0, 0.05) is 26.5 Å². The van der Waals surface area contributed by atoms with Gasteiger partial charge in [-0.25, -0.2) is 0 Å². The maximum Gasteiger partial charge on any atom is 0.256 e. The first kappa shape index (κ1) is 13.8. The van der Waals surface area contributed by atoms with Gasteiger partial charge in [0.15, 0.2) is 0 Å². The summed E-state index contributed by atoms with van der Waals surface area (Å²) in [6, 6.07) is 8.29. The minimum atomic E-state index is -0.371. The summed E-state index contributed by atoms with van der Waals surface area (Å²) in [5.41, 5.74) is 2.67. The molecule has 1 aliphatic rings. The van der Waals surface area contributed by atoms with Gasteiger partial charge in [0.2, 0.25) is 0 Å². The third-order valence-corrected chi connectivity index (χ3v) is 4.14. The van der Waals surface area contributed by atoms with Crippen LogP contribution in [-0.2, 0) is 17.6 Å². The Morgan fingerprint density at radius 1 is 1.38 bits per heavy atom. The molecule has 0 atom stereocenters. The first-order valence-corrected chi connectivity index (χ1v) is 6.95. The number of carbonyl (C=O) groups excluding carboxylic acids is 1. The van der Waals surface area contributed by atoms with E-state index in [0.717, 1.165) is 12.8 Å². The predicted octanol–water partition coefficient (Wildman–Crippen LogP) is 1.90. The number of nitrogens with one attached hydrogen (secondary N) is 1. The molecular formula is C16H18N2O3. The lowest BCUT2D eigenvalue weighted by Gasteiger charge is -2.27. The molecule has 110 valence electrons. The number of hydrogen-bond acceptors (Lipinski definition) is 4. The molecule has 21 heavy (non-hydrogen) atoms. The van der Waals surface area contributed by atoms with E-state index in [4.69, 9.17) is 9.26 Å². The fourth-order valence-corrected chi connectivity index (χ4v) is 2.85. The summed E-state index contributed by atoms with van der Waals surface area (Å²) in [5, 5.41) is 6.56. The van der Waals surface area contributed by atoms with Gasteiger partial charge in [-0.2, -0.15) is 0 Å². The Bertz CT molecular complexity index is 638. The smallest absolute Gasteiger partial charge is 0.256 e. The number of carbonyl (C=O) groups is 1. The van der Waals surface area contributed by atoms with Gasteiger partial charge in [0.05, 0.1) is 11.8 Å². The van der Waals surface area contributed by atoms with Crippen molar-refractivity contribution in [2.45, 2.75) is 25.4 Å². The standard InChI is InChI=1S/C16H18N2O3/c1-11-14(9-18-21-11)15(19)17-10-16(20-2)7-12-5-3-4-6-13(12)8-16/h3-6,9H,7-8,10H2,1-2H3,(H,17,19). The Morgan fingerprint density at radius 3 is 2.57 bits per heavy atom. The summed E-state index contributed by atoms with van der Waals surface area (Å²) in [4.78, 5) is 12.1. The van der Waals surface area contributed by atoms with Gasteiger partial charge in [0.1, 0.15) is 11.3 Å². The van der Waals surface area contributed by atoms with Crippen LogP contribution in [0.4, 0.5) is 0 Å². The van der Waals surface area contributed by atoms with E-state index in [2.05, 4.69) is 22.6 Å². The molecule has 5 nitrogen and oxygen atoms in total. The van der Waals surface area contributed by atoms with Crippen LogP contribution in [0.15, 0.2) is 35.0 Å². The number of aromatic nitrogens is 1. The molecule has 0 aliphatic heterocycles. The molecule has 0 unspecified atom stereocenters. The molecule has 0 saturated carbocycles. The van der Waals surface area contributed by atoms with Crippen LogP contribution in [0.1, 0.15) is 27.2 Å². The van der Waals surface area contributed by atoms with Crippen LogP contribution in [0.3, 0.4) is 0 Å². The van der Waals surface area contributed by atoms with Crippen LogP contribution in [0.2, 0.25) is 0 Å². The van der Waals surface area contributed by atoms with Gasteiger partial charge in [0.25, 0.3) is 5.91 Å². The average molecular weight is 286 g/mol. The summed E-state index contributed by atoms with van der Waals surface area (Å²) in [7, 11) is 1.70. The Morgan fingerprint density at radius 2 is 2.05 bits per heavy atom. The van der Waals surface area contributed by atoms with E-state index in [1.807, 2.05) is 12.1 Å². The molecular weight excluding hydrogens is 268 g/mol. The minimum Gasteiger partial charge on any atom is -0.376 e. The van der Waals surface area contributed by atoms with Crippen LogP contribution in [0.25, 0.3) is 0 Å². The second-order valence-corrected chi connectivity index (χ2v) is 5.49. The third-order valence-electron chi connectivity index (χ3n) is 4.14. The fraction of sp³-hybridized carbons (Fsp3) is 0.375. The number of ether oxygens (including phenoxy) is 1. The Kier molecular flexibility index (Phi) is 3.51. The normalized spacial score (nSPS) is 15.7. The molecule has 3 rings (SSSR count). The molecule has 1 heterocycles. The quantitative estimate of drug-likeness (QED) is 0.932. The largest absolute Gasteiger partial charge is 0.376 e. The van der Waals surface area contributed by atoms with Gasteiger partial charge in [-0.15, -0.1) is 0 Å². The Balaban J connectivity index is 1.70. The molecule has 2 aromatic rings. The van der Waals surface area contributed by atoms with Crippen molar-refractivity contribution >= 4 is 5.91 Å². The highest BCUT2D eigenvalue weighted by atomic mass is 16.5. The fourth-order valence-electron chi connectivity index (χ4n) is 2.85. The molecule has 0 spiro atoms. The monoisotopic (exact) mass is 286 g/mol. The summed E-state index contributed by atoms with van der Waals surface area (Å²) in [6.45, 7) is 2.18. The zero-order chi connectivity index (χ0) is 14.9. The van der Waals surface area contributed by atoms with Crippen molar-refractivity contribution in [3.8, 4) is 0 Å². The molecule has 5 heteroatoms. The van der Waals surface area contributed by atoms with Crippen LogP contribution in [0.5, 0.6) is 0 Å². The van der Waals surface area contributed by atoms with E-state index in [-0.39, 0.29) is 11.5 Å². The van der Waals surface area contributed by atoms with Crippen molar-refractivity contribution in [3.05, 3.63) is 52.9 Å². The summed E-state index contributed by atoms with van der Waals surface area (Å²) in [6.07, 6.45) is 3.05. The van der Waals surface area contributed by atoms with Crippen molar-refractivity contribution in [2.24, 2.45) is 0 Å². The highest BCUT2D eigenvalue weighted by Crippen LogP contribution is 2.32. The summed E-state index contributed by atoms with van der Waals surface area (Å²) in [5.74, 6) is 0.342. The number of rotatable bonds is 4. The highest BCUT2D eigenvalue weighted by Gasteiger charge is 2.37. The SMILES string of the molecule is COC1(CNC(=O)c2cnoc2C)Cc2ccccc2C1. The number of aryl methyl sites for hydroxylation is 1. The molecule has 0 bridgehead atoms. The molecule has 1 aromatic heterocycles. The number of benzene rings is 1. The van der Waals surface area contributed by atoms with Crippen molar-refractivity contribution in [3.63, 3.8) is 0 Å². The summed E-state index contributed by atoms with van der Waals surface area (Å²) < 4.78 is 10.6. The first-order valence-electron chi connectivity index (χ1n) is 6.95. The van der Waals surface area contributed by atoms with Crippen LogP contribution < -0.4 is 5.32 Å². The highest BCUT2D eigenvalue weighted by molar-refractivity contribution is 5.94. The van der Waals surface area contributed by atoms with Crippen LogP contribution in [-0.4, -0.2) is 30.3 Å². The lowest BCUT2D eigenvalue weighted by atomic mass is 10.00. The number of nitrogens with zero attached hydrogens (tertiary/aromatic N) is 1. The van der Waals surface area contributed by atoms with E-state index >= 15 is 0 Å². The molecule has 0 radical (unpaired) electrons. The van der Waals surface area contributed by atoms with Gasteiger partial charge in [-0.1, -0.05) is 29.4 Å².